The molecule has 0 saturated heterocycles. The molecule has 1 aromatic heterocycles. The molecular weight excluding hydrogens is 252 g/mol. The van der Waals surface area contributed by atoms with Gasteiger partial charge in [0, 0.05) is 7.05 Å². The maximum atomic E-state index is 12.4. The standard InChI is InChI=1S/C12H14N2O3S/c1-3-11-12(8-13-14(11)2)18(16,17)10-6-4-9(15)5-7-10/h4-8,15H,3H2,1-2H3. The normalized spacial score (nSPS) is 11.7. The summed E-state index contributed by atoms with van der Waals surface area (Å²) in [5.74, 6) is 0.0378. The SMILES string of the molecule is CCc1c(S(=O)(=O)c2ccc(O)cc2)cnn1C. The van der Waals surface area contributed by atoms with Crippen LogP contribution in [-0.2, 0) is 23.3 Å². The van der Waals surface area contributed by atoms with E-state index in [9.17, 15) is 13.5 Å². The van der Waals surface area contributed by atoms with Crippen LogP contribution in [0.1, 0.15) is 12.6 Å². The first kappa shape index (κ1) is 12.6. The van der Waals surface area contributed by atoms with Crippen LogP contribution in [0.25, 0.3) is 0 Å². The average Bonchev–Trinajstić information content (AvgIpc) is 2.71. The molecule has 6 heteroatoms. The zero-order chi connectivity index (χ0) is 13.3. The number of sulfone groups is 1. The lowest BCUT2D eigenvalue weighted by molar-refractivity contribution is 0.475. The van der Waals surface area contributed by atoms with Crippen LogP contribution < -0.4 is 0 Å². The fourth-order valence-electron chi connectivity index (χ4n) is 1.82. The lowest BCUT2D eigenvalue weighted by atomic mass is 10.3. The minimum Gasteiger partial charge on any atom is -0.508 e. The van der Waals surface area contributed by atoms with Crippen LogP contribution in [0.3, 0.4) is 0 Å². The van der Waals surface area contributed by atoms with Gasteiger partial charge in [-0.1, -0.05) is 6.92 Å². The molecule has 0 amide bonds. The summed E-state index contributed by atoms with van der Waals surface area (Å²) in [7, 11) is -1.86. The quantitative estimate of drug-likeness (QED) is 0.914. The summed E-state index contributed by atoms with van der Waals surface area (Å²) in [6, 6.07) is 5.48. The van der Waals surface area contributed by atoms with E-state index in [1.165, 1.54) is 30.5 Å². The van der Waals surface area contributed by atoms with Crippen molar-refractivity contribution in [3.8, 4) is 5.75 Å². The van der Waals surface area contributed by atoms with Crippen LogP contribution >= 0.6 is 0 Å². The first-order chi connectivity index (χ1) is 8.46. The van der Waals surface area contributed by atoms with Crippen molar-refractivity contribution in [2.24, 2.45) is 7.05 Å². The summed E-state index contributed by atoms with van der Waals surface area (Å²) in [6.45, 7) is 1.88. The number of aromatic hydroxyl groups is 1. The van der Waals surface area contributed by atoms with Crippen molar-refractivity contribution >= 4 is 9.84 Å². The molecule has 0 saturated carbocycles. The lowest BCUT2D eigenvalue weighted by Gasteiger charge is -2.05. The molecule has 0 radical (unpaired) electrons. The predicted octanol–water partition coefficient (Wildman–Crippen LogP) is 1.52. The van der Waals surface area contributed by atoms with Crippen LogP contribution in [-0.4, -0.2) is 23.3 Å². The number of aryl methyl sites for hydroxylation is 1. The van der Waals surface area contributed by atoms with Crippen molar-refractivity contribution in [2.45, 2.75) is 23.1 Å². The molecule has 2 aromatic rings. The number of phenols is 1. The van der Waals surface area contributed by atoms with E-state index in [4.69, 9.17) is 0 Å². The summed E-state index contributed by atoms with van der Waals surface area (Å²) >= 11 is 0. The second kappa shape index (κ2) is 4.45. The Morgan fingerprint density at radius 1 is 1.28 bits per heavy atom. The third kappa shape index (κ3) is 1.99. The summed E-state index contributed by atoms with van der Waals surface area (Å²) < 4.78 is 26.4. The van der Waals surface area contributed by atoms with E-state index in [1.807, 2.05) is 6.92 Å². The molecule has 1 heterocycles. The van der Waals surface area contributed by atoms with Gasteiger partial charge in [0.15, 0.2) is 0 Å². The van der Waals surface area contributed by atoms with Crippen molar-refractivity contribution in [3.05, 3.63) is 36.2 Å². The number of rotatable bonds is 3. The van der Waals surface area contributed by atoms with E-state index < -0.39 is 9.84 Å². The Bertz CT molecular complexity index is 657. The van der Waals surface area contributed by atoms with Gasteiger partial charge in [-0.05, 0) is 30.7 Å². The molecule has 2 rings (SSSR count). The number of aromatic nitrogens is 2. The van der Waals surface area contributed by atoms with Gasteiger partial charge in [0.25, 0.3) is 0 Å². The van der Waals surface area contributed by atoms with E-state index in [0.29, 0.717) is 12.1 Å². The van der Waals surface area contributed by atoms with Gasteiger partial charge < -0.3 is 5.11 Å². The van der Waals surface area contributed by atoms with Crippen LogP contribution in [0.2, 0.25) is 0 Å². The van der Waals surface area contributed by atoms with Crippen LogP contribution in [0, 0.1) is 0 Å². The Morgan fingerprint density at radius 2 is 1.89 bits per heavy atom. The number of nitrogens with zero attached hydrogens (tertiary/aromatic N) is 2. The second-order valence-corrected chi connectivity index (χ2v) is 5.85. The largest absolute Gasteiger partial charge is 0.508 e. The van der Waals surface area contributed by atoms with E-state index in [-0.39, 0.29) is 15.5 Å². The third-order valence-electron chi connectivity index (χ3n) is 2.79. The monoisotopic (exact) mass is 266 g/mol. The minimum atomic E-state index is -3.57. The topological polar surface area (TPSA) is 72.2 Å². The first-order valence-electron chi connectivity index (χ1n) is 5.51. The highest BCUT2D eigenvalue weighted by molar-refractivity contribution is 7.91. The number of benzene rings is 1. The second-order valence-electron chi connectivity index (χ2n) is 3.93. The van der Waals surface area contributed by atoms with E-state index >= 15 is 0 Å². The van der Waals surface area contributed by atoms with Crippen LogP contribution in [0.5, 0.6) is 5.75 Å². The number of hydrogen-bond acceptors (Lipinski definition) is 4. The van der Waals surface area contributed by atoms with Crippen molar-refractivity contribution in [3.63, 3.8) is 0 Å². The van der Waals surface area contributed by atoms with Crippen molar-refractivity contribution < 1.29 is 13.5 Å². The molecule has 0 spiro atoms. The summed E-state index contributed by atoms with van der Waals surface area (Å²) in [6.07, 6.45) is 1.95. The molecule has 0 aliphatic heterocycles. The van der Waals surface area contributed by atoms with Crippen LogP contribution in [0.15, 0.2) is 40.3 Å². The van der Waals surface area contributed by atoms with E-state index in [1.54, 1.807) is 11.7 Å². The highest BCUT2D eigenvalue weighted by Crippen LogP contribution is 2.25. The molecule has 96 valence electrons. The van der Waals surface area contributed by atoms with Gasteiger partial charge in [0.2, 0.25) is 9.84 Å². The molecule has 1 aromatic carbocycles. The predicted molar refractivity (Wildman–Crippen MR) is 66.1 cm³/mol. The molecule has 0 atom stereocenters. The third-order valence-corrected chi connectivity index (χ3v) is 4.61. The molecule has 0 unspecified atom stereocenters. The fraction of sp³-hybridized carbons (Fsp3) is 0.250. The molecule has 1 N–H and O–H groups in total. The Kier molecular flexibility index (Phi) is 3.13. The molecule has 5 nitrogen and oxygen atoms in total. The molecule has 0 aliphatic rings. The van der Waals surface area contributed by atoms with E-state index in [0.717, 1.165) is 0 Å². The van der Waals surface area contributed by atoms with Gasteiger partial charge in [-0.3, -0.25) is 4.68 Å². The van der Waals surface area contributed by atoms with Gasteiger partial charge in [0.1, 0.15) is 10.6 Å². The molecule has 0 bridgehead atoms. The maximum Gasteiger partial charge on any atom is 0.209 e. The summed E-state index contributed by atoms with van der Waals surface area (Å²) in [4.78, 5) is 0.376. The lowest BCUT2D eigenvalue weighted by Crippen LogP contribution is -2.06. The van der Waals surface area contributed by atoms with Crippen molar-refractivity contribution in [1.82, 2.24) is 9.78 Å². The first-order valence-corrected chi connectivity index (χ1v) is 7.00. The molecule has 18 heavy (non-hydrogen) atoms. The molecular formula is C12H14N2O3S. The van der Waals surface area contributed by atoms with Gasteiger partial charge in [-0.25, -0.2) is 8.42 Å². The summed E-state index contributed by atoms with van der Waals surface area (Å²) in [5, 5.41) is 13.2. The molecule has 0 fully saturated rings. The zero-order valence-corrected chi connectivity index (χ0v) is 11.0. The zero-order valence-electron chi connectivity index (χ0n) is 10.2. The Balaban J connectivity index is 2.58. The molecule has 0 aliphatic carbocycles. The van der Waals surface area contributed by atoms with Gasteiger partial charge in [-0.2, -0.15) is 5.10 Å². The van der Waals surface area contributed by atoms with Crippen molar-refractivity contribution in [2.75, 3.05) is 0 Å². The number of phenolic OH excluding ortho intramolecular Hbond substituents is 1. The highest BCUT2D eigenvalue weighted by Gasteiger charge is 2.23. The fourth-order valence-corrected chi connectivity index (χ4v) is 3.34. The van der Waals surface area contributed by atoms with Crippen LogP contribution in [0.4, 0.5) is 0 Å². The minimum absolute atomic E-state index is 0.0378. The highest BCUT2D eigenvalue weighted by atomic mass is 32.2. The van der Waals surface area contributed by atoms with Gasteiger partial charge in [0.05, 0.1) is 16.8 Å². The van der Waals surface area contributed by atoms with Gasteiger partial charge >= 0.3 is 0 Å². The van der Waals surface area contributed by atoms with Gasteiger partial charge in [-0.15, -0.1) is 0 Å². The Labute approximate surface area is 106 Å². The Hall–Kier alpha value is -1.82. The van der Waals surface area contributed by atoms with E-state index in [2.05, 4.69) is 5.10 Å². The Morgan fingerprint density at radius 3 is 2.44 bits per heavy atom. The number of hydrogen-bond donors (Lipinski definition) is 1. The van der Waals surface area contributed by atoms with Crippen molar-refractivity contribution in [1.29, 1.82) is 0 Å². The smallest absolute Gasteiger partial charge is 0.209 e. The summed E-state index contributed by atoms with van der Waals surface area (Å²) in [5.41, 5.74) is 0.670. The maximum absolute atomic E-state index is 12.4. The average molecular weight is 266 g/mol.